The Labute approximate surface area is 162 Å². The first kappa shape index (κ1) is 17.9. The monoisotopic (exact) mass is 380 g/mol. The van der Waals surface area contributed by atoms with Crippen LogP contribution in [-0.4, -0.2) is 10.9 Å². The second kappa shape index (κ2) is 6.89. The Kier molecular flexibility index (Phi) is 4.56. The quantitative estimate of drug-likeness (QED) is 0.664. The molecule has 4 rings (SSSR count). The third-order valence-electron chi connectivity index (χ3n) is 5.18. The van der Waals surface area contributed by atoms with Crippen LogP contribution in [0.5, 0.6) is 0 Å². The van der Waals surface area contributed by atoms with Crippen molar-refractivity contribution in [2.45, 2.75) is 38.1 Å². The van der Waals surface area contributed by atoms with E-state index >= 15 is 0 Å². The van der Waals surface area contributed by atoms with Crippen molar-refractivity contribution in [1.29, 1.82) is 0 Å². The van der Waals surface area contributed by atoms with E-state index in [1.807, 2.05) is 44.2 Å². The maximum atomic E-state index is 13.2. The molecule has 0 bridgehead atoms. The minimum atomic E-state index is -0.511. The fourth-order valence-electron chi connectivity index (χ4n) is 3.46. The normalized spacial score (nSPS) is 16.0. The summed E-state index contributed by atoms with van der Waals surface area (Å²) in [5.74, 6) is -0.271. The standard InChI is InChI=1S/C22H21FN2OS/c1-14-19(27-20(24-14)16-6-4-3-5-7-16)15(2)25-21(26)22(12-13-22)17-8-10-18(23)11-9-17/h3-11,15H,12-13H2,1-2H3,(H,25,26)/t15-/m1/s1. The first-order valence-electron chi connectivity index (χ1n) is 9.09. The van der Waals surface area contributed by atoms with Crippen LogP contribution >= 0.6 is 11.3 Å². The van der Waals surface area contributed by atoms with Crippen molar-refractivity contribution >= 4 is 17.2 Å². The zero-order valence-corrected chi connectivity index (χ0v) is 16.1. The summed E-state index contributed by atoms with van der Waals surface area (Å²) in [5, 5.41) is 4.12. The van der Waals surface area contributed by atoms with Gasteiger partial charge in [-0.2, -0.15) is 0 Å². The van der Waals surface area contributed by atoms with E-state index in [1.165, 1.54) is 12.1 Å². The lowest BCUT2D eigenvalue weighted by Gasteiger charge is -2.19. The van der Waals surface area contributed by atoms with Crippen molar-refractivity contribution in [2.24, 2.45) is 0 Å². The van der Waals surface area contributed by atoms with Crippen molar-refractivity contribution < 1.29 is 9.18 Å². The van der Waals surface area contributed by atoms with Gasteiger partial charge in [-0.3, -0.25) is 4.79 Å². The van der Waals surface area contributed by atoms with Gasteiger partial charge < -0.3 is 5.32 Å². The lowest BCUT2D eigenvalue weighted by molar-refractivity contribution is -0.124. The lowest BCUT2D eigenvalue weighted by Crippen LogP contribution is -2.36. The summed E-state index contributed by atoms with van der Waals surface area (Å²) < 4.78 is 13.2. The number of hydrogen-bond acceptors (Lipinski definition) is 3. The van der Waals surface area contributed by atoms with E-state index in [0.717, 1.165) is 39.5 Å². The van der Waals surface area contributed by atoms with E-state index in [1.54, 1.807) is 23.5 Å². The topological polar surface area (TPSA) is 42.0 Å². The van der Waals surface area contributed by atoms with Gasteiger partial charge in [0.15, 0.2) is 0 Å². The molecule has 138 valence electrons. The lowest BCUT2D eigenvalue weighted by atomic mass is 9.94. The number of halogens is 1. The molecule has 0 unspecified atom stereocenters. The third kappa shape index (κ3) is 3.39. The van der Waals surface area contributed by atoms with Gasteiger partial charge in [-0.25, -0.2) is 9.37 Å². The average molecular weight is 380 g/mol. The van der Waals surface area contributed by atoms with Gasteiger partial charge in [-0.15, -0.1) is 11.3 Å². The fraction of sp³-hybridized carbons (Fsp3) is 0.273. The molecule has 1 saturated carbocycles. The minimum Gasteiger partial charge on any atom is -0.348 e. The summed E-state index contributed by atoms with van der Waals surface area (Å²) in [5.41, 5.74) is 2.40. The number of aryl methyl sites for hydroxylation is 1. The second-order valence-corrected chi connectivity index (χ2v) is 8.15. The molecule has 1 aliphatic carbocycles. The van der Waals surface area contributed by atoms with Crippen LogP contribution in [-0.2, 0) is 10.2 Å². The molecule has 0 spiro atoms. The zero-order valence-electron chi connectivity index (χ0n) is 15.3. The number of amides is 1. The predicted molar refractivity (Wildman–Crippen MR) is 106 cm³/mol. The molecular weight excluding hydrogens is 359 g/mol. The molecule has 1 N–H and O–H groups in total. The second-order valence-electron chi connectivity index (χ2n) is 7.12. The Bertz CT molecular complexity index is 962. The number of nitrogens with one attached hydrogen (secondary N) is 1. The molecule has 0 saturated heterocycles. The van der Waals surface area contributed by atoms with Crippen LogP contribution in [0, 0.1) is 12.7 Å². The molecular formula is C22H21FN2OS. The van der Waals surface area contributed by atoms with Gasteiger partial charge in [0.05, 0.1) is 22.0 Å². The number of benzene rings is 2. The van der Waals surface area contributed by atoms with Gasteiger partial charge >= 0.3 is 0 Å². The van der Waals surface area contributed by atoms with Gasteiger partial charge in [0.1, 0.15) is 10.8 Å². The number of carbonyl (C=O) groups excluding carboxylic acids is 1. The summed E-state index contributed by atoms with van der Waals surface area (Å²) >= 11 is 1.62. The predicted octanol–water partition coefficient (Wildman–Crippen LogP) is 5.17. The van der Waals surface area contributed by atoms with Gasteiger partial charge in [0, 0.05) is 5.56 Å². The maximum Gasteiger partial charge on any atom is 0.231 e. The molecule has 1 aliphatic rings. The highest BCUT2D eigenvalue weighted by atomic mass is 32.1. The van der Waals surface area contributed by atoms with Crippen molar-refractivity contribution in [3.8, 4) is 10.6 Å². The number of carbonyl (C=O) groups is 1. The van der Waals surface area contributed by atoms with Crippen LogP contribution in [0.4, 0.5) is 4.39 Å². The van der Waals surface area contributed by atoms with E-state index in [0.29, 0.717) is 0 Å². The van der Waals surface area contributed by atoms with E-state index < -0.39 is 5.41 Å². The van der Waals surface area contributed by atoms with Crippen LogP contribution in [0.2, 0.25) is 0 Å². The van der Waals surface area contributed by atoms with Crippen LogP contribution in [0.15, 0.2) is 54.6 Å². The molecule has 1 fully saturated rings. The molecule has 1 heterocycles. The zero-order chi connectivity index (χ0) is 19.0. The SMILES string of the molecule is Cc1nc(-c2ccccc2)sc1[C@@H](C)NC(=O)C1(c2ccc(F)cc2)CC1. The number of rotatable bonds is 5. The molecule has 1 atom stereocenters. The first-order valence-corrected chi connectivity index (χ1v) is 9.91. The summed E-state index contributed by atoms with van der Waals surface area (Å²) in [7, 11) is 0. The summed E-state index contributed by atoms with van der Waals surface area (Å²) in [6.45, 7) is 3.97. The summed E-state index contributed by atoms with van der Waals surface area (Å²) in [4.78, 5) is 18.7. The van der Waals surface area contributed by atoms with Gasteiger partial charge in [0.25, 0.3) is 0 Å². The molecule has 3 aromatic rings. The van der Waals surface area contributed by atoms with E-state index in [2.05, 4.69) is 10.3 Å². The van der Waals surface area contributed by atoms with Crippen molar-refractivity contribution in [2.75, 3.05) is 0 Å². The van der Waals surface area contributed by atoms with Gasteiger partial charge in [-0.05, 0) is 44.4 Å². The molecule has 3 nitrogen and oxygen atoms in total. The third-order valence-corrected chi connectivity index (χ3v) is 6.56. The smallest absolute Gasteiger partial charge is 0.231 e. The Morgan fingerprint density at radius 1 is 1.15 bits per heavy atom. The van der Waals surface area contributed by atoms with Crippen LogP contribution in [0.1, 0.15) is 41.9 Å². The van der Waals surface area contributed by atoms with Crippen molar-refractivity contribution in [1.82, 2.24) is 10.3 Å². The number of hydrogen-bond donors (Lipinski definition) is 1. The molecule has 27 heavy (non-hydrogen) atoms. The Hall–Kier alpha value is -2.53. The number of nitrogens with zero attached hydrogens (tertiary/aromatic N) is 1. The van der Waals surface area contributed by atoms with Crippen LogP contribution < -0.4 is 5.32 Å². The Balaban J connectivity index is 1.52. The number of thiazole rings is 1. The molecule has 2 aromatic carbocycles. The minimum absolute atomic E-state index is 0.00988. The van der Waals surface area contributed by atoms with Crippen molar-refractivity contribution in [3.05, 3.63) is 76.5 Å². The maximum absolute atomic E-state index is 13.2. The Morgan fingerprint density at radius 2 is 1.81 bits per heavy atom. The molecule has 0 aliphatic heterocycles. The molecule has 1 amide bonds. The summed E-state index contributed by atoms with van der Waals surface area (Å²) in [6, 6.07) is 16.2. The highest BCUT2D eigenvalue weighted by Gasteiger charge is 2.51. The van der Waals surface area contributed by atoms with Gasteiger partial charge in [-0.1, -0.05) is 42.5 Å². The summed E-state index contributed by atoms with van der Waals surface area (Å²) in [6.07, 6.45) is 1.60. The Morgan fingerprint density at radius 3 is 2.44 bits per heavy atom. The fourth-order valence-corrected chi connectivity index (χ4v) is 4.53. The van der Waals surface area contributed by atoms with Crippen LogP contribution in [0.25, 0.3) is 10.6 Å². The average Bonchev–Trinajstić information content (AvgIpc) is 3.39. The highest BCUT2D eigenvalue weighted by Crippen LogP contribution is 2.49. The molecule has 1 aromatic heterocycles. The van der Waals surface area contributed by atoms with E-state index in [9.17, 15) is 9.18 Å². The van der Waals surface area contributed by atoms with Crippen LogP contribution in [0.3, 0.4) is 0 Å². The first-order chi connectivity index (χ1) is 13.0. The molecule has 0 radical (unpaired) electrons. The van der Waals surface area contributed by atoms with Gasteiger partial charge in [0.2, 0.25) is 5.91 Å². The highest BCUT2D eigenvalue weighted by molar-refractivity contribution is 7.15. The molecule has 5 heteroatoms. The van der Waals surface area contributed by atoms with Crippen molar-refractivity contribution in [3.63, 3.8) is 0 Å². The number of aromatic nitrogens is 1. The van der Waals surface area contributed by atoms with E-state index in [-0.39, 0.29) is 17.8 Å². The van der Waals surface area contributed by atoms with E-state index in [4.69, 9.17) is 0 Å². The largest absolute Gasteiger partial charge is 0.348 e.